The largest absolute Gasteiger partial charge is 0.507 e. The molecule has 1 saturated carbocycles. The summed E-state index contributed by atoms with van der Waals surface area (Å²) in [6.45, 7) is 6.95. The van der Waals surface area contributed by atoms with Gasteiger partial charge in [-0.05, 0) is 64.7 Å². The molecule has 2 fully saturated rings. The van der Waals surface area contributed by atoms with Crippen LogP contribution in [-0.4, -0.2) is 57.2 Å². The fourth-order valence-corrected chi connectivity index (χ4v) is 4.07. The number of para-hydroxylation sites is 1. The maximum Gasteiger partial charge on any atom is 0.410 e. The van der Waals surface area contributed by atoms with Gasteiger partial charge in [-0.1, -0.05) is 24.0 Å². The van der Waals surface area contributed by atoms with Gasteiger partial charge in [0.05, 0.1) is 23.5 Å². The molecular weight excluding hydrogens is 432 g/mol. The SMILES string of the molecule is CC(C)(C)OC(=O)N1CCC(O[C@H]2C[C@H](C#Cc3cc(-c4ccccc4O)nnc3N)C2)CC1. The average molecular weight is 465 g/mol. The topological polar surface area (TPSA) is 111 Å². The molecule has 0 bridgehead atoms. The van der Waals surface area contributed by atoms with Gasteiger partial charge in [0.2, 0.25) is 0 Å². The lowest BCUT2D eigenvalue weighted by Crippen LogP contribution is -2.45. The summed E-state index contributed by atoms with van der Waals surface area (Å²) >= 11 is 0. The number of benzene rings is 1. The van der Waals surface area contributed by atoms with Crippen molar-refractivity contribution in [1.29, 1.82) is 0 Å². The summed E-state index contributed by atoms with van der Waals surface area (Å²) < 4.78 is 11.7. The zero-order chi connectivity index (χ0) is 24.3. The summed E-state index contributed by atoms with van der Waals surface area (Å²) in [6.07, 6.45) is 3.51. The first-order valence-electron chi connectivity index (χ1n) is 11.7. The van der Waals surface area contributed by atoms with Crippen molar-refractivity contribution in [2.75, 3.05) is 18.8 Å². The van der Waals surface area contributed by atoms with Crippen LogP contribution in [0.2, 0.25) is 0 Å². The molecule has 3 N–H and O–H groups in total. The number of nitrogen functional groups attached to an aromatic ring is 1. The number of carbonyl (C=O) groups excluding carboxylic acids is 1. The third kappa shape index (κ3) is 5.97. The lowest BCUT2D eigenvalue weighted by molar-refractivity contribution is -0.0848. The van der Waals surface area contributed by atoms with E-state index in [4.69, 9.17) is 15.2 Å². The van der Waals surface area contributed by atoms with Crippen molar-refractivity contribution in [1.82, 2.24) is 15.1 Å². The second kappa shape index (κ2) is 9.90. The van der Waals surface area contributed by atoms with E-state index in [0.29, 0.717) is 29.9 Å². The number of phenolic OH excluding ortho intramolecular Hbond substituents is 1. The maximum atomic E-state index is 12.2. The Labute approximate surface area is 200 Å². The molecule has 1 amide bonds. The van der Waals surface area contributed by atoms with Crippen molar-refractivity contribution in [3.05, 3.63) is 35.9 Å². The van der Waals surface area contributed by atoms with Gasteiger partial charge in [-0.3, -0.25) is 0 Å². The minimum absolute atomic E-state index is 0.136. The molecule has 34 heavy (non-hydrogen) atoms. The Morgan fingerprint density at radius 2 is 1.85 bits per heavy atom. The van der Waals surface area contributed by atoms with Crippen LogP contribution in [0.5, 0.6) is 5.75 Å². The Balaban J connectivity index is 1.26. The van der Waals surface area contributed by atoms with Crippen LogP contribution in [0.15, 0.2) is 30.3 Å². The molecule has 8 nitrogen and oxygen atoms in total. The average Bonchev–Trinajstić information content (AvgIpc) is 2.76. The summed E-state index contributed by atoms with van der Waals surface area (Å²) in [5.41, 5.74) is 7.22. The first kappa shape index (κ1) is 23.8. The van der Waals surface area contributed by atoms with Crippen LogP contribution >= 0.6 is 0 Å². The van der Waals surface area contributed by atoms with E-state index >= 15 is 0 Å². The van der Waals surface area contributed by atoms with Gasteiger partial charge in [0, 0.05) is 24.6 Å². The fraction of sp³-hybridized carbons (Fsp3) is 0.500. The molecule has 1 aliphatic carbocycles. The molecule has 0 radical (unpaired) electrons. The Kier molecular flexibility index (Phi) is 6.94. The molecule has 1 aliphatic heterocycles. The number of nitrogens with zero attached hydrogens (tertiary/aromatic N) is 3. The Morgan fingerprint density at radius 1 is 1.15 bits per heavy atom. The van der Waals surface area contributed by atoms with Gasteiger partial charge < -0.3 is 25.2 Å². The van der Waals surface area contributed by atoms with E-state index in [1.807, 2.05) is 26.8 Å². The van der Waals surface area contributed by atoms with Gasteiger partial charge in [0.25, 0.3) is 0 Å². The lowest BCUT2D eigenvalue weighted by atomic mass is 9.82. The third-order valence-corrected chi connectivity index (χ3v) is 5.99. The number of likely N-dealkylation sites (tertiary alicyclic amines) is 1. The zero-order valence-electron chi connectivity index (χ0n) is 20.0. The van der Waals surface area contributed by atoms with Crippen LogP contribution in [-0.2, 0) is 9.47 Å². The van der Waals surface area contributed by atoms with Crippen LogP contribution < -0.4 is 5.73 Å². The van der Waals surface area contributed by atoms with Gasteiger partial charge in [0.15, 0.2) is 5.82 Å². The van der Waals surface area contributed by atoms with Crippen molar-refractivity contribution in [2.24, 2.45) is 5.92 Å². The summed E-state index contributed by atoms with van der Waals surface area (Å²) in [5, 5.41) is 18.2. The van der Waals surface area contributed by atoms with Gasteiger partial charge >= 0.3 is 6.09 Å². The predicted molar refractivity (Wildman–Crippen MR) is 129 cm³/mol. The van der Waals surface area contributed by atoms with Crippen molar-refractivity contribution >= 4 is 11.9 Å². The highest BCUT2D eigenvalue weighted by atomic mass is 16.6. The Morgan fingerprint density at radius 3 is 2.53 bits per heavy atom. The number of amides is 1. The number of hydrogen-bond acceptors (Lipinski definition) is 7. The highest BCUT2D eigenvalue weighted by Gasteiger charge is 2.33. The molecule has 8 heteroatoms. The van der Waals surface area contributed by atoms with E-state index in [2.05, 4.69) is 22.0 Å². The first-order valence-corrected chi connectivity index (χ1v) is 11.7. The number of rotatable bonds is 3. The minimum Gasteiger partial charge on any atom is -0.507 e. The predicted octanol–water partition coefficient (Wildman–Crippen LogP) is 3.98. The highest BCUT2D eigenvalue weighted by Crippen LogP contribution is 2.33. The molecule has 0 atom stereocenters. The minimum atomic E-state index is -0.478. The van der Waals surface area contributed by atoms with E-state index in [-0.39, 0.29) is 35.8 Å². The monoisotopic (exact) mass is 464 g/mol. The molecular formula is C26H32N4O4. The number of ether oxygens (including phenoxy) is 2. The number of aromatic hydroxyl groups is 1. The second-order valence-corrected chi connectivity index (χ2v) is 9.91. The normalized spacial score (nSPS) is 20.7. The molecule has 1 aromatic heterocycles. The number of hydrogen-bond donors (Lipinski definition) is 2. The fourth-order valence-electron chi connectivity index (χ4n) is 4.07. The molecule has 180 valence electrons. The van der Waals surface area contributed by atoms with E-state index in [1.54, 1.807) is 29.2 Å². The van der Waals surface area contributed by atoms with E-state index in [9.17, 15) is 9.90 Å². The summed E-state index contributed by atoms with van der Waals surface area (Å²) in [6, 6.07) is 8.72. The summed E-state index contributed by atoms with van der Waals surface area (Å²) in [7, 11) is 0. The molecule has 4 rings (SSSR count). The smallest absolute Gasteiger partial charge is 0.410 e. The van der Waals surface area contributed by atoms with Crippen molar-refractivity contribution in [3.63, 3.8) is 0 Å². The lowest BCUT2D eigenvalue weighted by Gasteiger charge is -2.38. The standard InChI is InChI=1S/C26H32N4O4/c1-26(2,3)34-25(32)30-12-10-19(11-13-30)33-20-14-17(15-20)8-9-18-16-22(28-29-24(18)27)21-6-4-5-7-23(21)31/h4-7,16-17,19-20,31H,10-15H2,1-3H3,(H2,27,29)/t17-,20-. The first-order chi connectivity index (χ1) is 16.2. The maximum absolute atomic E-state index is 12.2. The number of nitrogens with two attached hydrogens (primary N) is 1. The number of piperidine rings is 1. The zero-order valence-corrected chi connectivity index (χ0v) is 20.0. The van der Waals surface area contributed by atoms with Crippen LogP contribution in [0.1, 0.15) is 52.0 Å². The quantitative estimate of drug-likeness (QED) is 0.661. The van der Waals surface area contributed by atoms with Crippen LogP contribution in [0.4, 0.5) is 10.6 Å². The van der Waals surface area contributed by atoms with Crippen LogP contribution in [0.3, 0.4) is 0 Å². The van der Waals surface area contributed by atoms with Gasteiger partial charge in [-0.25, -0.2) is 4.79 Å². The van der Waals surface area contributed by atoms with E-state index in [0.717, 1.165) is 25.7 Å². The number of carbonyl (C=O) groups is 1. The van der Waals surface area contributed by atoms with Gasteiger partial charge in [-0.15, -0.1) is 10.2 Å². The van der Waals surface area contributed by atoms with Crippen LogP contribution in [0.25, 0.3) is 11.3 Å². The molecule has 0 spiro atoms. The summed E-state index contributed by atoms with van der Waals surface area (Å²) in [4.78, 5) is 14.0. The number of anilines is 1. The Hall–Kier alpha value is -3.31. The van der Waals surface area contributed by atoms with Crippen LogP contribution in [0, 0.1) is 17.8 Å². The van der Waals surface area contributed by atoms with Crippen molar-refractivity contribution < 1.29 is 19.4 Å². The molecule has 2 aliphatic rings. The van der Waals surface area contributed by atoms with Gasteiger partial charge in [0.1, 0.15) is 11.4 Å². The Bertz CT molecular complexity index is 1090. The van der Waals surface area contributed by atoms with Gasteiger partial charge in [-0.2, -0.15) is 0 Å². The highest BCUT2D eigenvalue weighted by molar-refractivity contribution is 5.69. The number of aromatic nitrogens is 2. The van der Waals surface area contributed by atoms with Crippen molar-refractivity contribution in [2.45, 2.75) is 64.3 Å². The molecule has 2 heterocycles. The molecule has 0 unspecified atom stereocenters. The van der Waals surface area contributed by atoms with E-state index < -0.39 is 5.60 Å². The second-order valence-electron chi connectivity index (χ2n) is 9.91. The molecule has 2 aromatic rings. The number of phenols is 1. The van der Waals surface area contributed by atoms with E-state index in [1.165, 1.54) is 0 Å². The summed E-state index contributed by atoms with van der Waals surface area (Å²) in [5.74, 6) is 7.06. The molecule has 1 saturated heterocycles. The molecule has 1 aromatic carbocycles. The van der Waals surface area contributed by atoms with Crippen molar-refractivity contribution in [3.8, 4) is 28.8 Å². The third-order valence-electron chi connectivity index (χ3n) is 5.99.